The summed E-state index contributed by atoms with van der Waals surface area (Å²) in [4.78, 5) is 51.6. The highest BCUT2D eigenvalue weighted by Crippen LogP contribution is 2.27. The molecule has 2 rings (SSSR count). The fraction of sp³-hybridized carbons (Fsp3) is 0.478. The SMILES string of the molecule is C=CCOC(=O)c1cc(NC(=O)[C@@H]2C[C@H](OSC)CN2C(=O)OC(C)(C)C)cc(C(=O)OC)c1. The summed E-state index contributed by atoms with van der Waals surface area (Å²) in [5.74, 6) is -1.92. The molecule has 1 aromatic rings. The zero-order chi connectivity index (χ0) is 25.5. The molecular formula is C23H30N2O8S. The number of nitrogens with one attached hydrogen (secondary N) is 1. The maximum atomic E-state index is 13.2. The van der Waals surface area contributed by atoms with E-state index >= 15 is 0 Å². The smallest absolute Gasteiger partial charge is 0.411 e. The molecule has 0 aromatic heterocycles. The molecule has 186 valence electrons. The molecule has 10 nitrogen and oxygen atoms in total. The normalized spacial score (nSPS) is 17.6. The van der Waals surface area contributed by atoms with Crippen LogP contribution in [-0.2, 0) is 23.2 Å². The second-order valence-corrected chi connectivity index (χ2v) is 8.96. The Hall–Kier alpha value is -3.05. The van der Waals surface area contributed by atoms with Gasteiger partial charge in [0.05, 0.1) is 30.9 Å². The van der Waals surface area contributed by atoms with Crippen LogP contribution in [0.2, 0.25) is 0 Å². The van der Waals surface area contributed by atoms with Gasteiger partial charge in [-0.05, 0) is 51.0 Å². The molecule has 1 saturated heterocycles. The molecule has 0 aliphatic carbocycles. The number of amides is 2. The Labute approximate surface area is 203 Å². The van der Waals surface area contributed by atoms with Gasteiger partial charge in [-0.15, -0.1) is 0 Å². The number of methoxy groups -OCH3 is 1. The summed E-state index contributed by atoms with van der Waals surface area (Å²) < 4.78 is 20.8. The Morgan fingerprint density at radius 3 is 2.38 bits per heavy atom. The Morgan fingerprint density at radius 1 is 1.18 bits per heavy atom. The first-order valence-corrected chi connectivity index (χ1v) is 11.7. The van der Waals surface area contributed by atoms with Gasteiger partial charge in [0, 0.05) is 18.4 Å². The van der Waals surface area contributed by atoms with Gasteiger partial charge in [0.25, 0.3) is 0 Å². The quantitative estimate of drug-likeness (QED) is 0.251. The molecule has 1 heterocycles. The van der Waals surface area contributed by atoms with E-state index in [1.807, 2.05) is 0 Å². The van der Waals surface area contributed by atoms with Gasteiger partial charge < -0.3 is 23.7 Å². The second kappa shape index (κ2) is 11.9. The van der Waals surface area contributed by atoms with Crippen molar-refractivity contribution >= 4 is 41.7 Å². The maximum Gasteiger partial charge on any atom is 0.411 e. The first-order valence-electron chi connectivity index (χ1n) is 10.5. The molecule has 0 bridgehead atoms. The van der Waals surface area contributed by atoms with Crippen LogP contribution in [0.15, 0.2) is 30.9 Å². The van der Waals surface area contributed by atoms with Crippen molar-refractivity contribution in [2.75, 3.05) is 31.8 Å². The largest absolute Gasteiger partial charge is 0.465 e. The van der Waals surface area contributed by atoms with Crippen LogP contribution in [0.3, 0.4) is 0 Å². The monoisotopic (exact) mass is 494 g/mol. The molecule has 34 heavy (non-hydrogen) atoms. The standard InChI is InChI=1S/C23H30N2O8S/c1-7-8-31-21(28)15-9-14(20(27)30-5)10-16(11-15)24-19(26)18-12-17(33-34-6)13-25(18)22(29)32-23(2,3)4/h7,9-11,17-18H,1,8,12-13H2,2-6H3,(H,24,26)/t17-,18-/m0/s1. The van der Waals surface area contributed by atoms with Crippen LogP contribution in [0.1, 0.15) is 47.9 Å². The summed E-state index contributed by atoms with van der Waals surface area (Å²) >= 11 is 1.14. The highest BCUT2D eigenvalue weighted by atomic mass is 32.2. The van der Waals surface area contributed by atoms with Crippen LogP contribution in [0.25, 0.3) is 0 Å². The van der Waals surface area contributed by atoms with E-state index in [1.54, 1.807) is 27.0 Å². The Balaban J connectivity index is 2.31. The molecule has 1 aliphatic rings. The molecule has 1 aliphatic heterocycles. The van der Waals surface area contributed by atoms with Gasteiger partial charge >= 0.3 is 18.0 Å². The minimum Gasteiger partial charge on any atom is -0.465 e. The molecule has 11 heteroatoms. The van der Waals surface area contributed by atoms with Gasteiger partial charge in [-0.2, -0.15) is 0 Å². The molecule has 2 amide bonds. The predicted octanol–water partition coefficient (Wildman–Crippen LogP) is 3.43. The molecule has 1 N–H and O–H groups in total. The van der Waals surface area contributed by atoms with Crippen LogP contribution in [-0.4, -0.2) is 73.1 Å². The number of esters is 2. The Bertz CT molecular complexity index is 943. The third-order valence-electron chi connectivity index (χ3n) is 4.62. The number of carbonyl (C=O) groups is 4. The molecule has 1 fully saturated rings. The van der Waals surface area contributed by atoms with Gasteiger partial charge in [0.2, 0.25) is 5.91 Å². The number of ether oxygens (including phenoxy) is 3. The molecule has 2 atom stereocenters. The average molecular weight is 495 g/mol. The van der Waals surface area contributed by atoms with E-state index in [0.717, 1.165) is 12.0 Å². The van der Waals surface area contributed by atoms with E-state index in [-0.39, 0.29) is 42.5 Å². The highest BCUT2D eigenvalue weighted by molar-refractivity contribution is 7.93. The Morgan fingerprint density at radius 2 is 1.82 bits per heavy atom. The van der Waals surface area contributed by atoms with E-state index in [1.165, 1.54) is 36.3 Å². The zero-order valence-electron chi connectivity index (χ0n) is 19.9. The molecule has 0 unspecified atom stereocenters. The van der Waals surface area contributed by atoms with Gasteiger partial charge in [-0.25, -0.2) is 14.4 Å². The number of carbonyl (C=O) groups excluding carboxylic acids is 4. The fourth-order valence-corrected chi connectivity index (χ4v) is 3.68. The second-order valence-electron chi connectivity index (χ2n) is 8.44. The van der Waals surface area contributed by atoms with Crippen molar-refractivity contribution in [2.45, 2.75) is 44.9 Å². The van der Waals surface area contributed by atoms with E-state index in [4.69, 9.17) is 18.4 Å². The lowest BCUT2D eigenvalue weighted by Gasteiger charge is -2.28. The van der Waals surface area contributed by atoms with Crippen molar-refractivity contribution in [1.82, 2.24) is 4.90 Å². The molecule has 1 aromatic carbocycles. The van der Waals surface area contributed by atoms with Crippen LogP contribution in [0, 0.1) is 0 Å². The summed E-state index contributed by atoms with van der Waals surface area (Å²) in [6.07, 6.45) is 2.39. The van der Waals surface area contributed by atoms with E-state index in [0.29, 0.717) is 0 Å². The van der Waals surface area contributed by atoms with Crippen LogP contribution in [0.4, 0.5) is 10.5 Å². The van der Waals surface area contributed by atoms with Gasteiger partial charge in [-0.1, -0.05) is 12.7 Å². The van der Waals surface area contributed by atoms with Gasteiger partial charge in [0.1, 0.15) is 18.2 Å². The Kier molecular flexibility index (Phi) is 9.51. The van der Waals surface area contributed by atoms with Crippen molar-refractivity contribution in [3.63, 3.8) is 0 Å². The highest BCUT2D eigenvalue weighted by Gasteiger charge is 2.42. The number of rotatable bonds is 8. The summed E-state index contributed by atoms with van der Waals surface area (Å²) in [7, 11) is 1.20. The predicted molar refractivity (Wildman–Crippen MR) is 127 cm³/mol. The summed E-state index contributed by atoms with van der Waals surface area (Å²) in [6.45, 7) is 8.84. The van der Waals surface area contributed by atoms with Crippen molar-refractivity contribution in [2.24, 2.45) is 0 Å². The number of hydrogen-bond donors (Lipinski definition) is 1. The maximum absolute atomic E-state index is 13.2. The van der Waals surface area contributed by atoms with Crippen molar-refractivity contribution in [3.8, 4) is 0 Å². The first kappa shape index (κ1) is 27.2. The van der Waals surface area contributed by atoms with Crippen molar-refractivity contribution in [3.05, 3.63) is 42.0 Å². The van der Waals surface area contributed by atoms with Crippen LogP contribution in [0.5, 0.6) is 0 Å². The molecule has 0 saturated carbocycles. The lowest BCUT2D eigenvalue weighted by atomic mass is 10.1. The topological polar surface area (TPSA) is 120 Å². The van der Waals surface area contributed by atoms with Crippen molar-refractivity contribution in [1.29, 1.82) is 0 Å². The number of benzene rings is 1. The molecule has 0 radical (unpaired) electrons. The zero-order valence-corrected chi connectivity index (χ0v) is 20.7. The van der Waals surface area contributed by atoms with E-state index in [9.17, 15) is 19.2 Å². The third-order valence-corrected chi connectivity index (χ3v) is 5.08. The summed E-state index contributed by atoms with van der Waals surface area (Å²) in [5.41, 5.74) is -0.493. The number of hydrogen-bond acceptors (Lipinski definition) is 9. The number of anilines is 1. The summed E-state index contributed by atoms with van der Waals surface area (Å²) in [5, 5.41) is 2.68. The van der Waals surface area contributed by atoms with Crippen LogP contribution >= 0.6 is 12.0 Å². The fourth-order valence-electron chi connectivity index (χ4n) is 3.27. The van der Waals surface area contributed by atoms with Gasteiger partial charge in [-0.3, -0.25) is 9.69 Å². The molecule has 0 spiro atoms. The average Bonchev–Trinajstić information content (AvgIpc) is 3.20. The van der Waals surface area contributed by atoms with E-state index < -0.39 is 35.6 Å². The van der Waals surface area contributed by atoms with Crippen LogP contribution < -0.4 is 5.32 Å². The number of likely N-dealkylation sites (tertiary alicyclic amines) is 1. The minimum absolute atomic E-state index is 0.0211. The third kappa shape index (κ3) is 7.49. The van der Waals surface area contributed by atoms with Crippen molar-refractivity contribution < 1.29 is 37.6 Å². The van der Waals surface area contributed by atoms with E-state index in [2.05, 4.69) is 11.9 Å². The molecular weight excluding hydrogens is 464 g/mol. The van der Waals surface area contributed by atoms with Gasteiger partial charge in [0.15, 0.2) is 0 Å². The number of nitrogens with zero attached hydrogens (tertiary/aromatic N) is 1. The minimum atomic E-state index is -0.884. The lowest BCUT2D eigenvalue weighted by molar-refractivity contribution is -0.120. The first-order chi connectivity index (χ1) is 16.0. The lowest BCUT2D eigenvalue weighted by Crippen LogP contribution is -2.45. The summed E-state index contributed by atoms with van der Waals surface area (Å²) in [6, 6.07) is 3.16.